The highest BCUT2D eigenvalue weighted by molar-refractivity contribution is 5.84. The van der Waals surface area contributed by atoms with Gasteiger partial charge < -0.3 is 10.8 Å². The monoisotopic (exact) mass is 317 g/mol. The van der Waals surface area contributed by atoms with Crippen LogP contribution in [-0.2, 0) is 10.4 Å². The van der Waals surface area contributed by atoms with E-state index < -0.39 is 17.4 Å². The van der Waals surface area contributed by atoms with Crippen molar-refractivity contribution in [3.05, 3.63) is 108 Å². The maximum atomic E-state index is 12.4. The molecule has 0 aliphatic heterocycles. The van der Waals surface area contributed by atoms with E-state index in [1.807, 2.05) is 91.0 Å². The lowest BCUT2D eigenvalue weighted by atomic mass is 9.72. The van der Waals surface area contributed by atoms with Crippen LogP contribution in [0.3, 0.4) is 0 Å². The maximum Gasteiger partial charge on any atom is 0.228 e. The second-order valence-electron chi connectivity index (χ2n) is 5.74. The largest absolute Gasteiger partial charge is 0.379 e. The van der Waals surface area contributed by atoms with Crippen molar-refractivity contribution >= 4 is 5.91 Å². The normalized spacial score (nSPS) is 12.5. The zero-order valence-electron chi connectivity index (χ0n) is 13.2. The number of hydrogen-bond acceptors (Lipinski definition) is 2. The molecule has 0 aliphatic carbocycles. The Hall–Kier alpha value is -2.91. The van der Waals surface area contributed by atoms with Crippen molar-refractivity contribution in [1.29, 1.82) is 0 Å². The van der Waals surface area contributed by atoms with Crippen LogP contribution in [0.1, 0.15) is 22.6 Å². The topological polar surface area (TPSA) is 63.3 Å². The van der Waals surface area contributed by atoms with E-state index in [1.54, 1.807) is 0 Å². The number of carbonyl (C=O) groups is 1. The summed E-state index contributed by atoms with van der Waals surface area (Å²) in [6.45, 7) is 0. The molecule has 0 saturated carbocycles. The van der Waals surface area contributed by atoms with E-state index in [4.69, 9.17) is 5.73 Å². The lowest BCUT2D eigenvalue weighted by Gasteiger charge is -2.36. The number of amides is 1. The fourth-order valence-electron chi connectivity index (χ4n) is 3.14. The minimum Gasteiger partial charge on any atom is -0.379 e. The minimum atomic E-state index is -1.55. The Kier molecular flexibility index (Phi) is 4.45. The van der Waals surface area contributed by atoms with Crippen molar-refractivity contribution in [3.8, 4) is 0 Å². The van der Waals surface area contributed by atoms with E-state index in [0.29, 0.717) is 16.7 Å². The highest BCUT2D eigenvalue weighted by Crippen LogP contribution is 2.42. The standard InChI is InChI=1S/C21H19NO2/c22-20(23)19(16-10-4-1-5-11-16)21(24,17-12-6-2-7-13-17)18-14-8-3-9-15-18/h1-15,19,24H,(H2,22,23). The summed E-state index contributed by atoms with van der Waals surface area (Å²) in [4.78, 5) is 12.4. The first-order valence-corrected chi connectivity index (χ1v) is 7.81. The molecule has 3 N–H and O–H groups in total. The summed E-state index contributed by atoms with van der Waals surface area (Å²) in [5.41, 5.74) is 6.12. The smallest absolute Gasteiger partial charge is 0.228 e. The molecule has 0 fully saturated rings. The van der Waals surface area contributed by atoms with Crippen LogP contribution in [0.25, 0.3) is 0 Å². The Bertz CT molecular complexity index is 762. The Morgan fingerprint density at radius 3 is 1.50 bits per heavy atom. The van der Waals surface area contributed by atoms with Gasteiger partial charge in [0.1, 0.15) is 5.60 Å². The van der Waals surface area contributed by atoms with Gasteiger partial charge in [0, 0.05) is 0 Å². The van der Waals surface area contributed by atoms with E-state index in [0.717, 1.165) is 0 Å². The van der Waals surface area contributed by atoms with E-state index in [-0.39, 0.29) is 0 Å². The van der Waals surface area contributed by atoms with Crippen LogP contribution in [-0.4, -0.2) is 11.0 Å². The third-order valence-corrected chi connectivity index (χ3v) is 4.26. The number of aliphatic hydroxyl groups is 1. The molecule has 3 heteroatoms. The lowest BCUT2D eigenvalue weighted by molar-refractivity contribution is -0.124. The molecule has 0 aromatic heterocycles. The molecule has 0 bridgehead atoms. The zero-order valence-corrected chi connectivity index (χ0v) is 13.2. The highest BCUT2D eigenvalue weighted by Gasteiger charge is 2.44. The molecule has 1 atom stereocenters. The summed E-state index contributed by atoms with van der Waals surface area (Å²) in [6.07, 6.45) is 0. The molecule has 3 nitrogen and oxygen atoms in total. The van der Waals surface area contributed by atoms with Crippen LogP contribution in [0.2, 0.25) is 0 Å². The van der Waals surface area contributed by atoms with Gasteiger partial charge in [0.2, 0.25) is 5.91 Å². The van der Waals surface area contributed by atoms with Crippen molar-refractivity contribution < 1.29 is 9.90 Å². The predicted molar refractivity (Wildman–Crippen MR) is 94.3 cm³/mol. The van der Waals surface area contributed by atoms with Gasteiger partial charge in [0.05, 0.1) is 5.92 Å². The second-order valence-corrected chi connectivity index (χ2v) is 5.74. The fraction of sp³-hybridized carbons (Fsp3) is 0.0952. The van der Waals surface area contributed by atoms with Gasteiger partial charge in [-0.1, -0.05) is 91.0 Å². The van der Waals surface area contributed by atoms with Crippen molar-refractivity contribution in [2.75, 3.05) is 0 Å². The molecule has 3 aromatic rings. The molecule has 0 spiro atoms. The first kappa shape index (κ1) is 16.0. The van der Waals surface area contributed by atoms with Crippen LogP contribution in [0, 0.1) is 0 Å². The van der Waals surface area contributed by atoms with Crippen LogP contribution in [0.5, 0.6) is 0 Å². The molecular formula is C21H19NO2. The number of nitrogens with two attached hydrogens (primary N) is 1. The molecule has 0 heterocycles. The summed E-state index contributed by atoms with van der Waals surface area (Å²) in [5, 5.41) is 11.7. The second kappa shape index (κ2) is 6.69. The average Bonchev–Trinajstić information content (AvgIpc) is 2.64. The number of primary amides is 1. The molecule has 3 aromatic carbocycles. The van der Waals surface area contributed by atoms with Gasteiger partial charge >= 0.3 is 0 Å². The quantitative estimate of drug-likeness (QED) is 0.759. The molecule has 1 amide bonds. The summed E-state index contributed by atoms with van der Waals surface area (Å²) >= 11 is 0. The van der Waals surface area contributed by atoms with Gasteiger partial charge in [-0.15, -0.1) is 0 Å². The van der Waals surface area contributed by atoms with E-state index >= 15 is 0 Å². The van der Waals surface area contributed by atoms with Crippen molar-refractivity contribution in [3.63, 3.8) is 0 Å². The molecule has 1 unspecified atom stereocenters. The number of carbonyl (C=O) groups excluding carboxylic acids is 1. The Balaban J connectivity index is 2.26. The Morgan fingerprint density at radius 2 is 1.12 bits per heavy atom. The summed E-state index contributed by atoms with van der Waals surface area (Å²) in [7, 11) is 0. The van der Waals surface area contributed by atoms with Crippen LogP contribution >= 0.6 is 0 Å². The molecule has 3 rings (SSSR count). The van der Waals surface area contributed by atoms with Crippen LogP contribution in [0.4, 0.5) is 0 Å². The summed E-state index contributed by atoms with van der Waals surface area (Å²) in [6, 6.07) is 27.5. The maximum absolute atomic E-state index is 12.4. The first-order valence-electron chi connectivity index (χ1n) is 7.81. The molecule has 120 valence electrons. The molecule has 0 radical (unpaired) electrons. The SMILES string of the molecule is NC(=O)C(c1ccccc1)C(O)(c1ccccc1)c1ccccc1. The number of benzene rings is 3. The summed E-state index contributed by atoms with van der Waals surface area (Å²) < 4.78 is 0. The number of hydrogen-bond donors (Lipinski definition) is 2. The number of rotatable bonds is 5. The zero-order chi connectivity index (χ0) is 17.0. The van der Waals surface area contributed by atoms with Gasteiger partial charge in [-0.25, -0.2) is 0 Å². The highest BCUT2D eigenvalue weighted by atomic mass is 16.3. The fourth-order valence-corrected chi connectivity index (χ4v) is 3.14. The Morgan fingerprint density at radius 1 is 0.750 bits per heavy atom. The lowest BCUT2D eigenvalue weighted by Crippen LogP contribution is -2.42. The average molecular weight is 317 g/mol. The van der Waals surface area contributed by atoms with Gasteiger partial charge in [-0.05, 0) is 16.7 Å². The van der Waals surface area contributed by atoms with Crippen molar-refractivity contribution in [2.24, 2.45) is 5.73 Å². The first-order chi connectivity index (χ1) is 11.6. The molecule has 0 saturated heterocycles. The third-order valence-electron chi connectivity index (χ3n) is 4.26. The van der Waals surface area contributed by atoms with Crippen molar-refractivity contribution in [1.82, 2.24) is 0 Å². The molecule has 24 heavy (non-hydrogen) atoms. The van der Waals surface area contributed by atoms with Gasteiger partial charge in [0.25, 0.3) is 0 Å². The van der Waals surface area contributed by atoms with Gasteiger partial charge in [0.15, 0.2) is 0 Å². The van der Waals surface area contributed by atoms with Gasteiger partial charge in [-0.3, -0.25) is 4.79 Å². The molecular weight excluding hydrogens is 298 g/mol. The van der Waals surface area contributed by atoms with E-state index in [2.05, 4.69) is 0 Å². The van der Waals surface area contributed by atoms with E-state index in [9.17, 15) is 9.90 Å². The molecule has 0 aliphatic rings. The minimum absolute atomic E-state index is 0.573. The van der Waals surface area contributed by atoms with E-state index in [1.165, 1.54) is 0 Å². The van der Waals surface area contributed by atoms with Gasteiger partial charge in [-0.2, -0.15) is 0 Å². The van der Waals surface area contributed by atoms with Crippen molar-refractivity contribution in [2.45, 2.75) is 11.5 Å². The summed E-state index contributed by atoms with van der Waals surface area (Å²) in [5.74, 6) is -1.47. The Labute approximate surface area is 141 Å². The van der Waals surface area contributed by atoms with Crippen LogP contribution < -0.4 is 5.73 Å². The predicted octanol–water partition coefficient (Wildman–Crippen LogP) is 3.19. The van der Waals surface area contributed by atoms with Crippen LogP contribution in [0.15, 0.2) is 91.0 Å². The third kappa shape index (κ3) is 2.82.